The van der Waals surface area contributed by atoms with E-state index in [0.717, 1.165) is 17.8 Å². The highest BCUT2D eigenvalue weighted by Gasteiger charge is 2.38. The van der Waals surface area contributed by atoms with Crippen molar-refractivity contribution < 1.29 is 9.18 Å². The molecule has 2 aromatic rings. The van der Waals surface area contributed by atoms with E-state index in [4.69, 9.17) is 11.6 Å². The second-order valence-corrected chi connectivity index (χ2v) is 6.77. The average Bonchev–Trinajstić information content (AvgIpc) is 3.01. The standard InChI is InChI=1S/C14H14ClFN4OS/c1-7-5-11(7)20(2)14(21)17-13-19-18-12(22-13)9-4-3-8(15)6-10(9)16/h3-4,6-7,11H,5H2,1-2H3,(H,17,19,21). The predicted octanol–water partition coefficient (Wildman–Crippen LogP) is 3.87. The van der Waals surface area contributed by atoms with Crippen LogP contribution in [0, 0.1) is 11.7 Å². The average molecular weight is 341 g/mol. The number of rotatable bonds is 3. The summed E-state index contributed by atoms with van der Waals surface area (Å²) in [5.74, 6) is 0.0642. The molecule has 1 aliphatic carbocycles. The summed E-state index contributed by atoms with van der Waals surface area (Å²) in [5.41, 5.74) is 0.312. The van der Waals surface area contributed by atoms with E-state index in [2.05, 4.69) is 22.4 Å². The third-order valence-electron chi connectivity index (χ3n) is 3.69. The van der Waals surface area contributed by atoms with Crippen LogP contribution >= 0.6 is 22.9 Å². The first kappa shape index (κ1) is 15.2. The zero-order valence-electron chi connectivity index (χ0n) is 12.0. The summed E-state index contributed by atoms with van der Waals surface area (Å²) < 4.78 is 13.9. The van der Waals surface area contributed by atoms with Crippen LogP contribution in [0.2, 0.25) is 5.02 Å². The third-order valence-corrected chi connectivity index (χ3v) is 4.79. The maximum Gasteiger partial charge on any atom is 0.323 e. The number of nitrogens with zero attached hydrogens (tertiary/aromatic N) is 3. The van der Waals surface area contributed by atoms with Crippen LogP contribution < -0.4 is 5.32 Å². The van der Waals surface area contributed by atoms with Gasteiger partial charge >= 0.3 is 6.03 Å². The molecule has 8 heteroatoms. The number of carbonyl (C=O) groups excluding carboxylic acids is 1. The lowest BCUT2D eigenvalue weighted by atomic mass is 10.2. The van der Waals surface area contributed by atoms with Gasteiger partial charge in [0.25, 0.3) is 0 Å². The largest absolute Gasteiger partial charge is 0.324 e. The molecule has 1 saturated carbocycles. The molecule has 5 nitrogen and oxygen atoms in total. The molecule has 1 aliphatic rings. The Labute approximate surface area is 136 Å². The maximum atomic E-state index is 13.9. The van der Waals surface area contributed by atoms with Crippen LogP contribution in [0.1, 0.15) is 13.3 Å². The molecule has 1 fully saturated rings. The fourth-order valence-electron chi connectivity index (χ4n) is 2.22. The maximum absolute atomic E-state index is 13.9. The molecule has 0 spiro atoms. The van der Waals surface area contributed by atoms with E-state index in [1.54, 1.807) is 24.1 Å². The van der Waals surface area contributed by atoms with Crippen molar-refractivity contribution in [3.8, 4) is 10.6 Å². The minimum atomic E-state index is -0.467. The molecule has 0 aliphatic heterocycles. The fraction of sp³-hybridized carbons (Fsp3) is 0.357. The fourth-order valence-corrected chi connectivity index (χ4v) is 3.14. The summed E-state index contributed by atoms with van der Waals surface area (Å²) in [7, 11) is 1.75. The topological polar surface area (TPSA) is 58.1 Å². The number of halogens is 2. The van der Waals surface area contributed by atoms with Crippen molar-refractivity contribution in [1.29, 1.82) is 0 Å². The van der Waals surface area contributed by atoms with E-state index >= 15 is 0 Å². The van der Waals surface area contributed by atoms with E-state index in [-0.39, 0.29) is 12.1 Å². The lowest BCUT2D eigenvalue weighted by Gasteiger charge is -2.16. The van der Waals surface area contributed by atoms with Gasteiger partial charge in [0.05, 0.1) is 0 Å². The highest BCUT2D eigenvalue weighted by Crippen LogP contribution is 2.35. The van der Waals surface area contributed by atoms with E-state index in [1.165, 1.54) is 6.07 Å². The van der Waals surface area contributed by atoms with Gasteiger partial charge in [-0.05, 0) is 30.5 Å². The summed E-state index contributed by atoms with van der Waals surface area (Å²) in [5, 5.41) is 11.5. The summed E-state index contributed by atoms with van der Waals surface area (Å²) in [4.78, 5) is 13.7. The van der Waals surface area contributed by atoms with Crippen LogP contribution in [-0.4, -0.2) is 34.2 Å². The molecule has 0 saturated heterocycles. The predicted molar refractivity (Wildman–Crippen MR) is 84.7 cm³/mol. The van der Waals surface area contributed by atoms with Crippen molar-refractivity contribution >= 4 is 34.1 Å². The molecular formula is C14H14ClFN4OS. The number of carbonyl (C=O) groups is 1. The van der Waals surface area contributed by atoms with Crippen LogP contribution in [0.25, 0.3) is 10.6 Å². The van der Waals surface area contributed by atoms with Gasteiger partial charge < -0.3 is 4.90 Å². The van der Waals surface area contributed by atoms with Crippen LogP contribution in [0.3, 0.4) is 0 Å². The Kier molecular flexibility index (Phi) is 4.01. The smallest absolute Gasteiger partial charge is 0.323 e. The van der Waals surface area contributed by atoms with E-state index in [1.807, 2.05) is 0 Å². The molecular weight excluding hydrogens is 327 g/mol. The lowest BCUT2D eigenvalue weighted by molar-refractivity contribution is 0.218. The van der Waals surface area contributed by atoms with Crippen molar-refractivity contribution in [2.45, 2.75) is 19.4 Å². The number of anilines is 1. The van der Waals surface area contributed by atoms with Gasteiger partial charge in [0, 0.05) is 23.7 Å². The van der Waals surface area contributed by atoms with Gasteiger partial charge in [-0.3, -0.25) is 5.32 Å². The second kappa shape index (κ2) is 5.81. The minimum absolute atomic E-state index is 0.228. The first-order chi connectivity index (χ1) is 10.5. The molecule has 1 aromatic heterocycles. The number of benzene rings is 1. The third kappa shape index (κ3) is 3.05. The van der Waals surface area contributed by atoms with Crippen LogP contribution in [0.15, 0.2) is 18.2 Å². The van der Waals surface area contributed by atoms with Crippen LogP contribution in [0.4, 0.5) is 14.3 Å². The van der Waals surface area contributed by atoms with Gasteiger partial charge in [0.15, 0.2) is 5.01 Å². The van der Waals surface area contributed by atoms with Crippen molar-refractivity contribution in [2.24, 2.45) is 5.92 Å². The molecule has 2 amide bonds. The monoisotopic (exact) mass is 340 g/mol. The van der Waals surface area contributed by atoms with Gasteiger partial charge in [0.1, 0.15) is 5.82 Å². The number of amides is 2. The van der Waals surface area contributed by atoms with Crippen molar-refractivity contribution in [2.75, 3.05) is 12.4 Å². The number of aromatic nitrogens is 2. The Morgan fingerprint density at radius 2 is 2.23 bits per heavy atom. The van der Waals surface area contributed by atoms with Gasteiger partial charge in [-0.1, -0.05) is 29.9 Å². The number of hydrogen-bond acceptors (Lipinski definition) is 4. The summed E-state index contributed by atoms with van der Waals surface area (Å²) in [6, 6.07) is 4.40. The first-order valence-electron chi connectivity index (χ1n) is 6.78. The Morgan fingerprint density at radius 3 is 2.86 bits per heavy atom. The summed E-state index contributed by atoms with van der Waals surface area (Å²) >= 11 is 6.85. The molecule has 2 atom stereocenters. The van der Waals surface area contributed by atoms with Crippen LogP contribution in [0.5, 0.6) is 0 Å². The second-order valence-electron chi connectivity index (χ2n) is 5.36. The lowest BCUT2D eigenvalue weighted by Crippen LogP contribution is -2.33. The normalized spacial score (nSPS) is 19.8. The van der Waals surface area contributed by atoms with Crippen molar-refractivity contribution in [3.63, 3.8) is 0 Å². The summed E-state index contributed by atoms with van der Waals surface area (Å²) in [6.07, 6.45) is 1.02. The van der Waals surface area contributed by atoms with Crippen LogP contribution in [-0.2, 0) is 0 Å². The molecule has 1 heterocycles. The van der Waals surface area contributed by atoms with Gasteiger partial charge in [-0.25, -0.2) is 9.18 Å². The number of urea groups is 1. The molecule has 3 rings (SSSR count). The molecule has 0 radical (unpaired) electrons. The minimum Gasteiger partial charge on any atom is -0.324 e. The van der Waals surface area contributed by atoms with E-state index in [9.17, 15) is 9.18 Å². The Bertz CT molecular complexity index is 723. The molecule has 0 bridgehead atoms. The van der Waals surface area contributed by atoms with E-state index in [0.29, 0.717) is 26.6 Å². The zero-order chi connectivity index (χ0) is 15.9. The Morgan fingerprint density at radius 1 is 1.50 bits per heavy atom. The molecule has 22 heavy (non-hydrogen) atoms. The molecule has 2 unspecified atom stereocenters. The highest BCUT2D eigenvalue weighted by atomic mass is 35.5. The Balaban J connectivity index is 1.72. The van der Waals surface area contributed by atoms with Gasteiger partial charge in [-0.15, -0.1) is 10.2 Å². The van der Waals surface area contributed by atoms with Crippen molar-refractivity contribution in [3.05, 3.63) is 29.0 Å². The van der Waals surface area contributed by atoms with E-state index < -0.39 is 5.82 Å². The molecule has 1 aromatic carbocycles. The molecule has 116 valence electrons. The zero-order valence-corrected chi connectivity index (χ0v) is 13.6. The van der Waals surface area contributed by atoms with Gasteiger partial charge in [-0.2, -0.15) is 0 Å². The SMILES string of the molecule is CC1CC1N(C)C(=O)Nc1nnc(-c2ccc(Cl)cc2F)s1. The molecule has 1 N–H and O–H groups in total. The highest BCUT2D eigenvalue weighted by molar-refractivity contribution is 7.18. The number of hydrogen-bond donors (Lipinski definition) is 1. The van der Waals surface area contributed by atoms with Gasteiger partial charge in [0.2, 0.25) is 5.13 Å². The van der Waals surface area contributed by atoms with Crippen molar-refractivity contribution in [1.82, 2.24) is 15.1 Å². The quantitative estimate of drug-likeness (QED) is 0.922. The Hall–Kier alpha value is -1.73. The summed E-state index contributed by atoms with van der Waals surface area (Å²) in [6.45, 7) is 2.10. The number of nitrogens with one attached hydrogen (secondary N) is 1. The first-order valence-corrected chi connectivity index (χ1v) is 7.98.